The Kier molecular flexibility index (Phi) is 6.18. The zero-order valence-electron chi connectivity index (χ0n) is 11.9. The number of benzene rings is 1. The van der Waals surface area contributed by atoms with Crippen LogP contribution in [0.3, 0.4) is 0 Å². The molecule has 1 saturated carbocycles. The third-order valence-corrected chi connectivity index (χ3v) is 3.59. The minimum absolute atomic E-state index is 0.426. The van der Waals surface area contributed by atoms with E-state index in [1.165, 1.54) is 31.2 Å². The fourth-order valence-corrected chi connectivity index (χ4v) is 2.52. The fraction of sp³-hybridized carbons (Fsp3) is 0.625. The molecule has 106 valence electrons. The van der Waals surface area contributed by atoms with Crippen LogP contribution in [-0.2, 0) is 11.3 Å². The van der Waals surface area contributed by atoms with Crippen molar-refractivity contribution in [3.63, 3.8) is 0 Å². The van der Waals surface area contributed by atoms with Crippen LogP contribution in [0.5, 0.6) is 5.75 Å². The minimum Gasteiger partial charge on any atom is -0.490 e. The Hall–Kier alpha value is -1.06. The monoisotopic (exact) mass is 263 g/mol. The quantitative estimate of drug-likeness (QED) is 0.731. The van der Waals surface area contributed by atoms with E-state index >= 15 is 0 Å². The Morgan fingerprint density at radius 3 is 2.79 bits per heavy atom. The third kappa shape index (κ3) is 4.84. The largest absolute Gasteiger partial charge is 0.490 e. The lowest BCUT2D eigenvalue weighted by Gasteiger charge is -2.16. The molecule has 1 N–H and O–H groups in total. The molecule has 0 spiro atoms. The van der Waals surface area contributed by atoms with E-state index in [0.717, 1.165) is 31.9 Å². The second-order valence-corrected chi connectivity index (χ2v) is 5.16. The van der Waals surface area contributed by atoms with Gasteiger partial charge in [-0.2, -0.15) is 0 Å². The van der Waals surface area contributed by atoms with Crippen molar-refractivity contribution < 1.29 is 9.47 Å². The molecule has 19 heavy (non-hydrogen) atoms. The van der Waals surface area contributed by atoms with Crippen LogP contribution >= 0.6 is 0 Å². The SMILES string of the molecule is COCCCNCc1ccccc1OC1CCCC1. The number of ether oxygens (including phenoxy) is 2. The lowest BCUT2D eigenvalue weighted by atomic mass is 10.2. The van der Waals surface area contributed by atoms with Gasteiger partial charge in [0.05, 0.1) is 6.10 Å². The third-order valence-electron chi connectivity index (χ3n) is 3.59. The second-order valence-electron chi connectivity index (χ2n) is 5.16. The molecular weight excluding hydrogens is 238 g/mol. The molecule has 3 nitrogen and oxygen atoms in total. The molecule has 0 radical (unpaired) electrons. The predicted octanol–water partition coefficient (Wildman–Crippen LogP) is 3.13. The highest BCUT2D eigenvalue weighted by atomic mass is 16.5. The molecule has 0 aliphatic heterocycles. The first-order chi connectivity index (χ1) is 9.40. The number of methoxy groups -OCH3 is 1. The first-order valence-electron chi connectivity index (χ1n) is 7.34. The van der Waals surface area contributed by atoms with Crippen molar-refractivity contribution in [2.24, 2.45) is 0 Å². The van der Waals surface area contributed by atoms with Crippen LogP contribution in [0.15, 0.2) is 24.3 Å². The van der Waals surface area contributed by atoms with Gasteiger partial charge in [-0.25, -0.2) is 0 Å². The number of para-hydroxylation sites is 1. The highest BCUT2D eigenvalue weighted by Gasteiger charge is 2.17. The van der Waals surface area contributed by atoms with E-state index < -0.39 is 0 Å². The zero-order chi connectivity index (χ0) is 13.3. The summed E-state index contributed by atoms with van der Waals surface area (Å²) in [6.07, 6.45) is 6.49. The summed E-state index contributed by atoms with van der Waals surface area (Å²) >= 11 is 0. The lowest BCUT2D eigenvalue weighted by molar-refractivity contribution is 0.194. The molecule has 0 bridgehead atoms. The van der Waals surface area contributed by atoms with Crippen LogP contribution in [0, 0.1) is 0 Å². The van der Waals surface area contributed by atoms with Crippen LogP contribution in [0.25, 0.3) is 0 Å². The summed E-state index contributed by atoms with van der Waals surface area (Å²) in [6.45, 7) is 2.66. The molecule has 1 aliphatic carbocycles. The number of rotatable bonds is 8. The fourth-order valence-electron chi connectivity index (χ4n) is 2.52. The number of hydrogen-bond donors (Lipinski definition) is 1. The first-order valence-corrected chi connectivity index (χ1v) is 7.34. The minimum atomic E-state index is 0.426. The van der Waals surface area contributed by atoms with Gasteiger partial charge in [-0.15, -0.1) is 0 Å². The molecule has 0 unspecified atom stereocenters. The topological polar surface area (TPSA) is 30.5 Å². The molecule has 1 aromatic carbocycles. The summed E-state index contributed by atoms with van der Waals surface area (Å²) in [5.41, 5.74) is 1.26. The van der Waals surface area contributed by atoms with Gasteiger partial charge in [-0.1, -0.05) is 18.2 Å². The first kappa shape index (κ1) is 14.4. The standard InChI is InChI=1S/C16H25NO2/c1-18-12-6-11-17-13-14-7-2-5-10-16(14)19-15-8-3-4-9-15/h2,5,7,10,15,17H,3-4,6,8-9,11-13H2,1H3. The van der Waals surface area contributed by atoms with Gasteiger partial charge in [-0.3, -0.25) is 0 Å². The smallest absolute Gasteiger partial charge is 0.124 e. The Bertz CT molecular complexity index is 362. The van der Waals surface area contributed by atoms with Gasteiger partial charge >= 0.3 is 0 Å². The van der Waals surface area contributed by atoms with E-state index in [1.807, 2.05) is 0 Å². The van der Waals surface area contributed by atoms with Crippen molar-refractivity contribution in [1.29, 1.82) is 0 Å². The second kappa shape index (κ2) is 8.18. The van der Waals surface area contributed by atoms with E-state index in [0.29, 0.717) is 6.10 Å². The molecule has 3 heteroatoms. The van der Waals surface area contributed by atoms with E-state index in [2.05, 4.69) is 29.6 Å². The molecule has 1 aliphatic rings. The summed E-state index contributed by atoms with van der Waals surface area (Å²) < 4.78 is 11.2. The van der Waals surface area contributed by atoms with Crippen LogP contribution < -0.4 is 10.1 Å². The Morgan fingerprint density at radius 1 is 1.21 bits per heavy atom. The molecule has 0 saturated heterocycles. The summed E-state index contributed by atoms with van der Waals surface area (Å²) in [5, 5.41) is 3.44. The van der Waals surface area contributed by atoms with Gasteiger partial charge in [0.2, 0.25) is 0 Å². The zero-order valence-corrected chi connectivity index (χ0v) is 11.9. The van der Waals surface area contributed by atoms with Gasteiger partial charge in [0, 0.05) is 25.8 Å². The molecule has 0 amide bonds. The van der Waals surface area contributed by atoms with Gasteiger partial charge < -0.3 is 14.8 Å². The maximum Gasteiger partial charge on any atom is 0.124 e. The number of nitrogens with one attached hydrogen (secondary N) is 1. The van der Waals surface area contributed by atoms with Gasteiger partial charge in [0.15, 0.2) is 0 Å². The van der Waals surface area contributed by atoms with Crippen molar-refractivity contribution >= 4 is 0 Å². The van der Waals surface area contributed by atoms with E-state index in [-0.39, 0.29) is 0 Å². The predicted molar refractivity (Wildman–Crippen MR) is 77.5 cm³/mol. The van der Waals surface area contributed by atoms with Crippen molar-refractivity contribution in [2.75, 3.05) is 20.3 Å². The molecule has 0 atom stereocenters. The summed E-state index contributed by atoms with van der Waals surface area (Å²) in [7, 11) is 1.74. The Morgan fingerprint density at radius 2 is 2.00 bits per heavy atom. The van der Waals surface area contributed by atoms with Crippen molar-refractivity contribution in [1.82, 2.24) is 5.32 Å². The summed E-state index contributed by atoms with van der Waals surface area (Å²) in [6, 6.07) is 8.37. The van der Waals surface area contributed by atoms with E-state index in [1.54, 1.807) is 7.11 Å². The summed E-state index contributed by atoms with van der Waals surface area (Å²) in [4.78, 5) is 0. The highest BCUT2D eigenvalue weighted by molar-refractivity contribution is 5.33. The molecule has 1 fully saturated rings. The van der Waals surface area contributed by atoms with Crippen LogP contribution in [-0.4, -0.2) is 26.4 Å². The molecule has 1 aromatic rings. The Labute approximate surface area is 116 Å². The Balaban J connectivity index is 1.81. The molecule has 2 rings (SSSR count). The van der Waals surface area contributed by atoms with Crippen LogP contribution in [0.2, 0.25) is 0 Å². The maximum atomic E-state index is 6.12. The normalized spacial score (nSPS) is 15.8. The molecule has 0 aromatic heterocycles. The van der Waals surface area contributed by atoms with E-state index in [9.17, 15) is 0 Å². The van der Waals surface area contributed by atoms with E-state index in [4.69, 9.17) is 9.47 Å². The van der Waals surface area contributed by atoms with Gasteiger partial charge in [-0.05, 0) is 44.7 Å². The van der Waals surface area contributed by atoms with Crippen molar-refractivity contribution in [2.45, 2.75) is 44.8 Å². The highest BCUT2D eigenvalue weighted by Crippen LogP contribution is 2.26. The van der Waals surface area contributed by atoms with Gasteiger partial charge in [0.25, 0.3) is 0 Å². The van der Waals surface area contributed by atoms with Crippen molar-refractivity contribution in [3.05, 3.63) is 29.8 Å². The van der Waals surface area contributed by atoms with Crippen molar-refractivity contribution in [3.8, 4) is 5.75 Å². The van der Waals surface area contributed by atoms with Crippen LogP contribution in [0.1, 0.15) is 37.7 Å². The molecule has 0 heterocycles. The molecular formula is C16H25NO2. The summed E-state index contributed by atoms with van der Waals surface area (Å²) in [5.74, 6) is 1.05. The number of hydrogen-bond acceptors (Lipinski definition) is 3. The van der Waals surface area contributed by atoms with Gasteiger partial charge in [0.1, 0.15) is 5.75 Å². The van der Waals surface area contributed by atoms with Crippen LogP contribution in [0.4, 0.5) is 0 Å². The lowest BCUT2D eigenvalue weighted by Crippen LogP contribution is -2.18. The average molecular weight is 263 g/mol. The maximum absolute atomic E-state index is 6.12. The average Bonchev–Trinajstić information content (AvgIpc) is 2.93.